The molecule has 1 aromatic carbocycles. The quantitative estimate of drug-likeness (QED) is 0.724. The van der Waals surface area contributed by atoms with Gasteiger partial charge in [0.05, 0.1) is 11.1 Å². The molecule has 0 bridgehead atoms. The number of nitrogens with zero attached hydrogens (tertiary/aromatic N) is 2. The average molecular weight is 427 g/mol. The summed E-state index contributed by atoms with van der Waals surface area (Å²) < 4.78 is 66.2. The Hall–Kier alpha value is -2.45. The number of fused-ring (bicyclic) bond motifs is 1. The van der Waals surface area contributed by atoms with E-state index in [2.05, 4.69) is 10.3 Å². The largest absolute Gasteiger partial charge is 0.418 e. The zero-order valence-corrected chi connectivity index (χ0v) is 16.3. The molecule has 2 aromatic rings. The van der Waals surface area contributed by atoms with E-state index in [1.54, 1.807) is 12.1 Å². The van der Waals surface area contributed by atoms with Crippen LogP contribution in [0.1, 0.15) is 31.7 Å². The van der Waals surface area contributed by atoms with Crippen molar-refractivity contribution in [1.29, 1.82) is 0 Å². The monoisotopic (exact) mass is 427 g/mol. The first-order chi connectivity index (χ1) is 14.0. The van der Waals surface area contributed by atoms with Crippen LogP contribution in [-0.4, -0.2) is 35.9 Å². The molecule has 1 amide bonds. The van der Waals surface area contributed by atoms with Crippen LogP contribution < -0.4 is 10.2 Å². The lowest BCUT2D eigenvalue weighted by Crippen LogP contribution is -2.50. The van der Waals surface area contributed by atoms with Crippen LogP contribution in [0, 0.1) is 11.8 Å². The molecule has 3 atom stereocenters. The molecule has 4 nitrogen and oxygen atoms in total. The van der Waals surface area contributed by atoms with Crippen LogP contribution in [-0.2, 0) is 11.0 Å². The second-order valence-corrected chi connectivity index (χ2v) is 8.41. The molecule has 2 heterocycles. The van der Waals surface area contributed by atoms with Crippen LogP contribution in [0.3, 0.4) is 0 Å². The molecule has 4 rings (SSSR count). The van der Waals surface area contributed by atoms with Gasteiger partial charge in [0.25, 0.3) is 5.92 Å². The number of nitrogens with one attached hydrogen (secondary N) is 1. The fraction of sp³-hybridized carbons (Fsp3) is 0.524. The number of hydrogen-bond donors (Lipinski definition) is 1. The van der Waals surface area contributed by atoms with Crippen LogP contribution in [0.4, 0.5) is 27.6 Å². The number of carbonyl (C=O) groups is 1. The number of hydrogen-bond acceptors (Lipinski definition) is 3. The second-order valence-electron chi connectivity index (χ2n) is 8.41. The van der Waals surface area contributed by atoms with Gasteiger partial charge in [0.2, 0.25) is 5.91 Å². The van der Waals surface area contributed by atoms with Gasteiger partial charge >= 0.3 is 6.18 Å². The van der Waals surface area contributed by atoms with Crippen molar-refractivity contribution >= 4 is 22.5 Å². The Kier molecular flexibility index (Phi) is 5.10. The van der Waals surface area contributed by atoms with Crippen molar-refractivity contribution in [2.75, 3.05) is 18.0 Å². The van der Waals surface area contributed by atoms with E-state index in [9.17, 15) is 26.7 Å². The highest BCUT2D eigenvalue weighted by Crippen LogP contribution is 2.50. The Morgan fingerprint density at radius 2 is 2.00 bits per heavy atom. The standard InChI is InChI=1S/C21H22F5N3O/c1-12-7-14(28-18(30)8-13-9-20(13,22)23)11-29(10-12)17-5-4-16(21(24,25)26)19-15(17)3-2-6-27-19/h2-6,12-14H,7-11H2,1H3,(H,28,30). The maximum absolute atomic E-state index is 13.4. The summed E-state index contributed by atoms with van der Waals surface area (Å²) in [6, 6.07) is 5.41. The van der Waals surface area contributed by atoms with Gasteiger partial charge in [-0.25, -0.2) is 8.78 Å². The van der Waals surface area contributed by atoms with Gasteiger partial charge in [0, 0.05) is 55.2 Å². The van der Waals surface area contributed by atoms with E-state index in [4.69, 9.17) is 0 Å². The van der Waals surface area contributed by atoms with Gasteiger partial charge in [-0.2, -0.15) is 13.2 Å². The molecular formula is C21H22F5N3O. The number of rotatable bonds is 4. The molecule has 1 aliphatic heterocycles. The minimum atomic E-state index is -4.51. The van der Waals surface area contributed by atoms with Gasteiger partial charge in [-0.15, -0.1) is 0 Å². The number of alkyl halides is 5. The van der Waals surface area contributed by atoms with Gasteiger partial charge < -0.3 is 10.2 Å². The molecule has 3 unspecified atom stereocenters. The zero-order chi connectivity index (χ0) is 21.7. The number of piperidine rings is 1. The smallest absolute Gasteiger partial charge is 0.369 e. The minimum absolute atomic E-state index is 0.114. The predicted octanol–water partition coefficient (Wildman–Crippen LogP) is 4.63. The van der Waals surface area contributed by atoms with Crippen molar-refractivity contribution in [3.63, 3.8) is 0 Å². The van der Waals surface area contributed by atoms with Crippen molar-refractivity contribution in [3.05, 3.63) is 36.0 Å². The minimum Gasteiger partial charge on any atom is -0.369 e. The highest BCUT2D eigenvalue weighted by atomic mass is 19.4. The van der Waals surface area contributed by atoms with Crippen molar-refractivity contribution in [2.24, 2.45) is 11.8 Å². The highest BCUT2D eigenvalue weighted by Gasteiger charge is 2.57. The summed E-state index contributed by atoms with van der Waals surface area (Å²) in [4.78, 5) is 18.1. The molecule has 1 aromatic heterocycles. The fourth-order valence-corrected chi connectivity index (χ4v) is 4.32. The first kappa shape index (κ1) is 20.8. The summed E-state index contributed by atoms with van der Waals surface area (Å²) in [6.45, 7) is 3.00. The molecule has 0 spiro atoms. The molecule has 1 saturated heterocycles. The van der Waals surface area contributed by atoms with Gasteiger partial charge in [-0.3, -0.25) is 9.78 Å². The highest BCUT2D eigenvalue weighted by molar-refractivity contribution is 5.94. The molecule has 1 N–H and O–H groups in total. The van der Waals surface area contributed by atoms with Gasteiger partial charge in [0.1, 0.15) is 0 Å². The maximum atomic E-state index is 13.4. The lowest BCUT2D eigenvalue weighted by molar-refractivity contribution is -0.136. The number of halogens is 5. The third-order valence-electron chi connectivity index (χ3n) is 5.81. The van der Waals surface area contributed by atoms with Crippen molar-refractivity contribution in [3.8, 4) is 0 Å². The summed E-state index contributed by atoms with van der Waals surface area (Å²) in [5.74, 6) is -3.87. The fourth-order valence-electron chi connectivity index (χ4n) is 4.32. The van der Waals surface area contributed by atoms with E-state index in [1.165, 1.54) is 12.3 Å². The molecule has 9 heteroatoms. The normalized spacial score (nSPS) is 25.9. The van der Waals surface area contributed by atoms with Gasteiger partial charge in [-0.1, -0.05) is 6.92 Å². The summed E-state index contributed by atoms with van der Waals surface area (Å²) in [5, 5.41) is 3.22. The molecule has 0 radical (unpaired) electrons. The lowest BCUT2D eigenvalue weighted by atomic mass is 9.94. The Labute approximate surface area is 170 Å². The van der Waals surface area contributed by atoms with Crippen molar-refractivity contribution in [1.82, 2.24) is 10.3 Å². The van der Waals surface area contributed by atoms with Crippen LogP contribution >= 0.6 is 0 Å². The maximum Gasteiger partial charge on any atom is 0.418 e. The Morgan fingerprint density at radius 1 is 1.27 bits per heavy atom. The van der Waals surface area contributed by atoms with E-state index in [0.29, 0.717) is 30.6 Å². The molecule has 2 fully saturated rings. The Morgan fingerprint density at radius 3 is 2.67 bits per heavy atom. The zero-order valence-electron chi connectivity index (χ0n) is 16.3. The van der Waals surface area contributed by atoms with E-state index < -0.39 is 29.5 Å². The number of pyridine rings is 1. The summed E-state index contributed by atoms with van der Waals surface area (Å²) in [6.07, 6.45) is -2.96. The predicted molar refractivity (Wildman–Crippen MR) is 102 cm³/mol. The average Bonchev–Trinajstić information content (AvgIpc) is 3.24. The molecular weight excluding hydrogens is 405 g/mol. The van der Waals surface area contributed by atoms with Crippen LogP contribution in [0.25, 0.3) is 10.9 Å². The Bertz CT molecular complexity index is 961. The third kappa shape index (κ3) is 4.20. The van der Waals surface area contributed by atoms with E-state index in [1.807, 2.05) is 11.8 Å². The molecule has 1 aliphatic carbocycles. The third-order valence-corrected chi connectivity index (χ3v) is 5.81. The van der Waals surface area contributed by atoms with Crippen molar-refractivity contribution < 1.29 is 26.7 Å². The van der Waals surface area contributed by atoms with Crippen molar-refractivity contribution in [2.45, 2.75) is 44.3 Å². The first-order valence-electron chi connectivity index (χ1n) is 9.91. The van der Waals surface area contributed by atoms with Crippen LogP contribution in [0.5, 0.6) is 0 Å². The van der Waals surface area contributed by atoms with E-state index in [0.717, 1.165) is 6.07 Å². The summed E-state index contributed by atoms with van der Waals surface area (Å²) >= 11 is 0. The molecule has 2 aliphatic rings. The SMILES string of the molecule is CC1CC(NC(=O)CC2CC2(F)F)CN(c2ccc(C(F)(F)F)c3ncccc23)C1. The lowest BCUT2D eigenvalue weighted by Gasteiger charge is -2.39. The van der Waals surface area contributed by atoms with E-state index in [-0.39, 0.29) is 30.3 Å². The summed E-state index contributed by atoms with van der Waals surface area (Å²) in [7, 11) is 0. The number of amides is 1. The molecule has 162 valence electrons. The number of anilines is 1. The number of benzene rings is 1. The van der Waals surface area contributed by atoms with Gasteiger partial charge in [-0.05, 0) is 36.6 Å². The van der Waals surface area contributed by atoms with Crippen LogP contribution in [0.2, 0.25) is 0 Å². The summed E-state index contributed by atoms with van der Waals surface area (Å²) in [5.41, 5.74) is -0.287. The Balaban J connectivity index is 1.55. The second kappa shape index (κ2) is 7.35. The topological polar surface area (TPSA) is 45.2 Å². The molecule has 30 heavy (non-hydrogen) atoms. The van der Waals surface area contributed by atoms with E-state index >= 15 is 0 Å². The van der Waals surface area contributed by atoms with Gasteiger partial charge in [0.15, 0.2) is 0 Å². The first-order valence-corrected chi connectivity index (χ1v) is 9.91. The number of aromatic nitrogens is 1. The molecule has 1 saturated carbocycles. The van der Waals surface area contributed by atoms with Crippen LogP contribution in [0.15, 0.2) is 30.5 Å². The number of carbonyl (C=O) groups excluding carboxylic acids is 1.